The molecule has 0 aliphatic rings. The number of fused-ring (bicyclic) bond motifs is 1. The van der Waals surface area contributed by atoms with E-state index in [1.807, 2.05) is 19.2 Å². The fourth-order valence-corrected chi connectivity index (χ4v) is 3.04. The Kier molecular flexibility index (Phi) is 7.56. The zero-order chi connectivity index (χ0) is 21.4. The summed E-state index contributed by atoms with van der Waals surface area (Å²) in [4.78, 5) is 18.8. The number of hydrogen-bond acceptors (Lipinski definition) is 6. The molecule has 0 atom stereocenters. The van der Waals surface area contributed by atoms with Gasteiger partial charge >= 0.3 is 0 Å². The van der Waals surface area contributed by atoms with Crippen molar-refractivity contribution < 1.29 is 24.5 Å². The Hall–Kier alpha value is -3.58. The number of ether oxygens (including phenoxy) is 1. The Labute approximate surface area is 168 Å². The first-order valence-electron chi connectivity index (χ1n) is 8.87. The number of aliphatic carboxylic acids is 2. The Bertz CT molecular complexity index is 1010. The third-order valence-electron chi connectivity index (χ3n) is 4.27. The van der Waals surface area contributed by atoms with Gasteiger partial charge in [0.2, 0.25) is 0 Å². The maximum absolute atomic E-state index is 9.41. The monoisotopic (exact) mass is 394 g/mol. The van der Waals surface area contributed by atoms with Gasteiger partial charge in [-0.2, -0.15) is 0 Å². The van der Waals surface area contributed by atoms with Crippen LogP contribution >= 0.6 is 0 Å². The zero-order valence-electron chi connectivity index (χ0n) is 16.5. The Morgan fingerprint density at radius 1 is 1.07 bits per heavy atom. The number of benzene rings is 2. The highest BCUT2D eigenvalue weighted by molar-refractivity contribution is 5.89. The predicted octanol–water partition coefficient (Wildman–Crippen LogP) is 0.709. The maximum atomic E-state index is 9.41. The lowest BCUT2D eigenvalue weighted by Crippen LogP contribution is -2.23. The van der Waals surface area contributed by atoms with Crippen molar-refractivity contribution in [2.75, 3.05) is 14.2 Å². The second kappa shape index (κ2) is 10.1. The third kappa shape index (κ3) is 5.46. The third-order valence-corrected chi connectivity index (χ3v) is 4.27. The van der Waals surface area contributed by atoms with Crippen molar-refractivity contribution in [1.82, 2.24) is 9.88 Å². The minimum atomic E-state index is -1.55. The fourth-order valence-electron chi connectivity index (χ4n) is 3.04. The number of hydrogen-bond donors (Lipinski definition) is 1. The molecular weight excluding hydrogens is 372 g/mol. The van der Waals surface area contributed by atoms with E-state index in [0.29, 0.717) is 12.2 Å². The van der Waals surface area contributed by atoms with Gasteiger partial charge in [0.05, 0.1) is 24.6 Å². The van der Waals surface area contributed by atoms with Crippen molar-refractivity contribution in [1.29, 1.82) is 0 Å². The smallest absolute Gasteiger partial charge is 0.119 e. The highest BCUT2D eigenvalue weighted by Crippen LogP contribution is 2.31. The summed E-state index contributed by atoms with van der Waals surface area (Å²) in [5.41, 5.74) is 4.98. The molecule has 0 amide bonds. The lowest BCUT2D eigenvalue weighted by atomic mass is 10.1. The van der Waals surface area contributed by atoms with Crippen LogP contribution in [0.25, 0.3) is 16.6 Å². The molecule has 29 heavy (non-hydrogen) atoms. The lowest BCUT2D eigenvalue weighted by Gasteiger charge is -2.08. The Morgan fingerprint density at radius 3 is 2.21 bits per heavy atom. The number of para-hydroxylation sites is 1. The van der Waals surface area contributed by atoms with E-state index in [4.69, 9.17) is 4.74 Å². The lowest BCUT2D eigenvalue weighted by molar-refractivity contribution is -0.301. The molecule has 7 heteroatoms. The summed E-state index contributed by atoms with van der Waals surface area (Å²) in [6.07, 6.45) is 0.769. The average Bonchev–Trinajstić information content (AvgIpc) is 2.99. The van der Waals surface area contributed by atoms with Crippen LogP contribution in [0.5, 0.6) is 5.75 Å². The van der Waals surface area contributed by atoms with Gasteiger partial charge in [-0.05, 0) is 62.0 Å². The fraction of sp³-hybridized carbons (Fsp3) is 0.182. The van der Waals surface area contributed by atoms with Gasteiger partial charge < -0.3 is 34.4 Å². The van der Waals surface area contributed by atoms with Crippen molar-refractivity contribution in [2.24, 2.45) is 0 Å². The van der Waals surface area contributed by atoms with E-state index in [1.54, 1.807) is 7.11 Å². The van der Waals surface area contributed by atoms with Gasteiger partial charge in [0.25, 0.3) is 0 Å². The molecule has 0 saturated heterocycles. The van der Waals surface area contributed by atoms with E-state index >= 15 is 0 Å². The molecule has 1 heterocycles. The standard InChI is InChI=1S/C18H20N2O.C4H4O4/c1-13-17(12-19-2)16-11-15(21-3)9-10-18(16)20(13)14-7-5-4-6-8-14;5-3(6)1-2-4(7)8/h4-11,19H,12H2,1-3H3;1-2H,(H,5,6)(H,7,8)/p-2/b;2-1-. The second-order valence-electron chi connectivity index (χ2n) is 6.12. The SMILES string of the molecule is CNCc1c(C)n(-c2ccccc2)c2ccc(OC)cc12.O=C([O-])/C=C\C(=O)[O-]. The van der Waals surface area contributed by atoms with Crippen LogP contribution in [0.4, 0.5) is 0 Å². The summed E-state index contributed by atoms with van der Waals surface area (Å²) in [5.74, 6) is -2.20. The summed E-state index contributed by atoms with van der Waals surface area (Å²) in [7, 11) is 3.69. The molecule has 152 valence electrons. The van der Waals surface area contributed by atoms with E-state index in [9.17, 15) is 19.8 Å². The topological polar surface area (TPSA) is 106 Å². The number of methoxy groups -OCH3 is 1. The minimum Gasteiger partial charge on any atom is -0.545 e. The molecule has 0 spiro atoms. The molecule has 0 saturated carbocycles. The number of carboxylic acids is 2. The first kappa shape index (κ1) is 21.7. The molecule has 0 unspecified atom stereocenters. The number of nitrogens with zero attached hydrogens (tertiary/aromatic N) is 1. The zero-order valence-corrected chi connectivity index (χ0v) is 16.5. The van der Waals surface area contributed by atoms with Gasteiger partial charge in [-0.15, -0.1) is 0 Å². The summed E-state index contributed by atoms with van der Waals surface area (Å²) in [6, 6.07) is 16.7. The van der Waals surface area contributed by atoms with Crippen LogP contribution in [0.2, 0.25) is 0 Å². The van der Waals surface area contributed by atoms with Crippen molar-refractivity contribution >= 4 is 22.8 Å². The number of carboxylic acid groups (broad SMARTS) is 2. The van der Waals surface area contributed by atoms with Crippen molar-refractivity contribution in [3.8, 4) is 11.4 Å². The number of carbonyl (C=O) groups excluding carboxylic acids is 2. The van der Waals surface area contributed by atoms with Gasteiger partial charge in [0, 0.05) is 23.3 Å². The summed E-state index contributed by atoms with van der Waals surface area (Å²) in [6.45, 7) is 3.02. The summed E-state index contributed by atoms with van der Waals surface area (Å²) >= 11 is 0. The molecule has 3 aromatic rings. The molecule has 1 N–H and O–H groups in total. The predicted molar refractivity (Wildman–Crippen MR) is 106 cm³/mol. The van der Waals surface area contributed by atoms with E-state index < -0.39 is 11.9 Å². The Balaban J connectivity index is 0.000000321. The van der Waals surface area contributed by atoms with Crippen LogP contribution < -0.4 is 20.3 Å². The van der Waals surface area contributed by atoms with Crippen LogP contribution in [-0.4, -0.2) is 30.7 Å². The summed E-state index contributed by atoms with van der Waals surface area (Å²) < 4.78 is 7.69. The van der Waals surface area contributed by atoms with Gasteiger partial charge in [-0.25, -0.2) is 0 Å². The van der Waals surface area contributed by atoms with Crippen LogP contribution in [0.3, 0.4) is 0 Å². The van der Waals surface area contributed by atoms with Crippen molar-refractivity contribution in [3.63, 3.8) is 0 Å². The number of carbonyl (C=O) groups is 2. The second-order valence-corrected chi connectivity index (χ2v) is 6.12. The molecule has 0 aliphatic carbocycles. The highest BCUT2D eigenvalue weighted by atomic mass is 16.5. The van der Waals surface area contributed by atoms with E-state index in [2.05, 4.69) is 53.2 Å². The number of nitrogens with one attached hydrogen (secondary N) is 1. The molecule has 0 fully saturated rings. The molecule has 2 aromatic carbocycles. The first-order chi connectivity index (χ1) is 13.9. The normalized spacial score (nSPS) is 10.6. The maximum Gasteiger partial charge on any atom is 0.119 e. The van der Waals surface area contributed by atoms with Crippen LogP contribution in [-0.2, 0) is 16.1 Å². The quantitative estimate of drug-likeness (QED) is 0.617. The first-order valence-corrected chi connectivity index (χ1v) is 8.87. The molecule has 0 radical (unpaired) electrons. The molecule has 0 aliphatic heterocycles. The largest absolute Gasteiger partial charge is 0.545 e. The van der Waals surface area contributed by atoms with E-state index in [0.717, 1.165) is 12.3 Å². The van der Waals surface area contributed by atoms with E-state index in [1.165, 1.54) is 27.8 Å². The van der Waals surface area contributed by atoms with Crippen molar-refractivity contribution in [2.45, 2.75) is 13.5 Å². The van der Waals surface area contributed by atoms with E-state index in [-0.39, 0.29) is 0 Å². The number of aromatic nitrogens is 1. The van der Waals surface area contributed by atoms with Gasteiger partial charge in [-0.1, -0.05) is 18.2 Å². The van der Waals surface area contributed by atoms with Gasteiger partial charge in [0.15, 0.2) is 0 Å². The molecule has 7 nitrogen and oxygen atoms in total. The molecule has 3 rings (SSSR count). The van der Waals surface area contributed by atoms with Gasteiger partial charge in [0.1, 0.15) is 5.75 Å². The summed E-state index contributed by atoms with van der Waals surface area (Å²) in [5, 5.41) is 23.3. The van der Waals surface area contributed by atoms with Crippen LogP contribution in [0.15, 0.2) is 60.7 Å². The van der Waals surface area contributed by atoms with Crippen LogP contribution in [0, 0.1) is 6.92 Å². The number of rotatable bonds is 6. The molecule has 1 aromatic heterocycles. The molecular formula is C22H22N2O5-2. The Morgan fingerprint density at radius 2 is 1.69 bits per heavy atom. The minimum absolute atomic E-state index is 0.384. The van der Waals surface area contributed by atoms with Gasteiger partial charge in [-0.3, -0.25) is 0 Å². The average molecular weight is 394 g/mol. The highest BCUT2D eigenvalue weighted by Gasteiger charge is 2.15. The van der Waals surface area contributed by atoms with Crippen molar-refractivity contribution in [3.05, 3.63) is 71.9 Å². The molecule has 0 bridgehead atoms. The van der Waals surface area contributed by atoms with Crippen LogP contribution in [0.1, 0.15) is 11.3 Å².